The van der Waals surface area contributed by atoms with Crippen LogP contribution in [0, 0.1) is 11.3 Å². The van der Waals surface area contributed by atoms with Gasteiger partial charge in [-0.15, -0.1) is 0 Å². The fourth-order valence-corrected chi connectivity index (χ4v) is 4.94. The summed E-state index contributed by atoms with van der Waals surface area (Å²) in [6.07, 6.45) is -1.85. The van der Waals surface area contributed by atoms with Gasteiger partial charge in [0.25, 0.3) is 9.84 Å². The van der Waals surface area contributed by atoms with Gasteiger partial charge in [-0.2, -0.15) is 28.4 Å². The van der Waals surface area contributed by atoms with E-state index in [-0.39, 0.29) is 11.5 Å². The number of carbonyl (C=O) groups excluding carboxylic acids is 2. The molecule has 0 aliphatic rings. The monoisotopic (exact) mass is 624 g/mol. The molecule has 4 aromatic rings. The molecule has 3 aromatic carbocycles. The highest BCUT2D eigenvalue weighted by atomic mass is 35.5. The first-order valence-corrected chi connectivity index (χ1v) is 13.2. The fraction of sp³-hybridized carbons (Fsp3) is 0.0400. The molecule has 0 unspecified atom stereocenters. The molecule has 1 aromatic heterocycles. The molecular weight excluding hydrogens is 612 g/mol. The van der Waals surface area contributed by atoms with Crippen molar-refractivity contribution in [3.63, 3.8) is 0 Å². The van der Waals surface area contributed by atoms with Gasteiger partial charge in [0, 0.05) is 0 Å². The SMILES string of the molecule is N#Cc1cnn(-c2c(Cl)cc(S(=O)(=O)C(F)(F)F)cc2Cl)c1N(C(=O)Oc1ccccc1)C(=O)Oc1ccccc1. The number of nitrogens with zero attached hydrogens (tertiary/aromatic N) is 4. The third-order valence-electron chi connectivity index (χ3n) is 5.16. The molecule has 41 heavy (non-hydrogen) atoms. The molecule has 10 nitrogen and oxygen atoms in total. The predicted molar refractivity (Wildman–Crippen MR) is 139 cm³/mol. The lowest BCUT2D eigenvalue weighted by molar-refractivity contribution is -0.0436. The van der Waals surface area contributed by atoms with Crippen molar-refractivity contribution in [3.05, 3.63) is 94.6 Å². The topological polar surface area (TPSA) is 132 Å². The van der Waals surface area contributed by atoms with Gasteiger partial charge < -0.3 is 9.47 Å². The first kappa shape index (κ1) is 29.4. The van der Waals surface area contributed by atoms with Crippen LogP contribution in [0.1, 0.15) is 5.56 Å². The van der Waals surface area contributed by atoms with Gasteiger partial charge in [-0.25, -0.2) is 22.7 Å². The number of halogens is 5. The highest BCUT2D eigenvalue weighted by molar-refractivity contribution is 7.92. The van der Waals surface area contributed by atoms with Gasteiger partial charge in [0.2, 0.25) is 0 Å². The molecule has 2 amide bonds. The molecule has 0 aliphatic carbocycles. The molecule has 0 saturated carbocycles. The van der Waals surface area contributed by atoms with Crippen LogP contribution in [0.25, 0.3) is 5.69 Å². The molecule has 0 bridgehead atoms. The van der Waals surface area contributed by atoms with E-state index in [9.17, 15) is 36.4 Å². The maximum Gasteiger partial charge on any atom is 0.501 e. The molecule has 210 valence electrons. The van der Waals surface area contributed by atoms with Crippen LogP contribution in [-0.2, 0) is 9.84 Å². The number of para-hydroxylation sites is 2. The normalized spacial score (nSPS) is 11.4. The van der Waals surface area contributed by atoms with Crippen molar-refractivity contribution in [1.82, 2.24) is 9.78 Å². The first-order valence-electron chi connectivity index (χ1n) is 11.0. The number of benzene rings is 3. The van der Waals surface area contributed by atoms with Crippen LogP contribution in [-0.4, -0.2) is 35.9 Å². The van der Waals surface area contributed by atoms with Gasteiger partial charge in [-0.3, -0.25) is 0 Å². The first-order chi connectivity index (χ1) is 19.3. The Hall–Kier alpha value is -4.58. The summed E-state index contributed by atoms with van der Waals surface area (Å²) in [5.74, 6) is -0.626. The Morgan fingerprint density at radius 1 is 0.902 bits per heavy atom. The average Bonchev–Trinajstić information content (AvgIpc) is 3.31. The number of rotatable bonds is 5. The van der Waals surface area contributed by atoms with E-state index in [0.717, 1.165) is 6.20 Å². The summed E-state index contributed by atoms with van der Waals surface area (Å²) < 4.78 is 74.4. The molecule has 1 heterocycles. The molecule has 16 heteroatoms. The van der Waals surface area contributed by atoms with Gasteiger partial charge in [0.1, 0.15) is 28.8 Å². The van der Waals surface area contributed by atoms with Gasteiger partial charge in [0.15, 0.2) is 5.82 Å². The minimum Gasteiger partial charge on any atom is -0.410 e. The Kier molecular flexibility index (Phi) is 8.24. The zero-order valence-corrected chi connectivity index (χ0v) is 22.4. The lowest BCUT2D eigenvalue weighted by atomic mass is 10.3. The Labute approximate surface area is 239 Å². The lowest BCUT2D eigenvalue weighted by Crippen LogP contribution is -2.42. The number of carbonyl (C=O) groups is 2. The predicted octanol–water partition coefficient (Wildman–Crippen LogP) is 6.55. The Morgan fingerprint density at radius 2 is 1.37 bits per heavy atom. The molecule has 4 rings (SSSR count). The van der Waals surface area contributed by atoms with E-state index in [1.54, 1.807) is 18.2 Å². The van der Waals surface area contributed by atoms with Crippen molar-refractivity contribution >= 4 is 51.0 Å². The quantitative estimate of drug-likeness (QED) is 0.244. The van der Waals surface area contributed by atoms with Gasteiger partial charge in [-0.05, 0) is 36.4 Å². The number of imide groups is 1. The minimum atomic E-state index is -5.85. The Balaban J connectivity index is 1.89. The number of sulfone groups is 1. The number of alkyl halides is 3. The van der Waals surface area contributed by atoms with Crippen molar-refractivity contribution in [3.8, 4) is 23.3 Å². The van der Waals surface area contributed by atoms with Crippen molar-refractivity contribution in [2.24, 2.45) is 0 Å². The highest BCUT2D eigenvalue weighted by Crippen LogP contribution is 2.39. The third-order valence-corrected chi connectivity index (χ3v) is 7.20. The van der Waals surface area contributed by atoms with E-state index in [1.165, 1.54) is 48.5 Å². The zero-order valence-electron chi connectivity index (χ0n) is 20.0. The second-order valence-electron chi connectivity index (χ2n) is 7.79. The van der Waals surface area contributed by atoms with Crippen LogP contribution in [0.5, 0.6) is 11.5 Å². The number of amides is 2. The average molecular weight is 625 g/mol. The van der Waals surface area contributed by atoms with Crippen molar-refractivity contribution in [2.75, 3.05) is 4.90 Å². The van der Waals surface area contributed by atoms with E-state index in [2.05, 4.69) is 5.10 Å². The largest absolute Gasteiger partial charge is 0.501 e. The second kappa shape index (κ2) is 11.5. The number of ether oxygens (including phenoxy) is 2. The van der Waals surface area contributed by atoms with Crippen LogP contribution in [0.15, 0.2) is 83.9 Å². The van der Waals surface area contributed by atoms with Crippen LogP contribution in [0.3, 0.4) is 0 Å². The second-order valence-corrected chi connectivity index (χ2v) is 10.5. The number of hydrogen-bond donors (Lipinski definition) is 0. The van der Waals surface area contributed by atoms with Crippen LogP contribution in [0.4, 0.5) is 28.6 Å². The van der Waals surface area contributed by atoms with E-state index in [4.69, 9.17) is 32.7 Å². The van der Waals surface area contributed by atoms with Gasteiger partial charge >= 0.3 is 17.7 Å². The molecule has 0 spiro atoms. The number of hydrogen-bond acceptors (Lipinski definition) is 8. The maximum atomic E-state index is 13.3. The van der Waals surface area contributed by atoms with E-state index in [0.29, 0.717) is 21.7 Å². The van der Waals surface area contributed by atoms with Crippen molar-refractivity contribution < 1.29 is 40.7 Å². The minimum absolute atomic E-state index is 0.00245. The summed E-state index contributed by atoms with van der Waals surface area (Å²) in [7, 11) is -5.85. The Morgan fingerprint density at radius 3 is 1.78 bits per heavy atom. The molecule has 0 atom stereocenters. The van der Waals surface area contributed by atoms with Crippen LogP contribution >= 0.6 is 23.2 Å². The summed E-state index contributed by atoms with van der Waals surface area (Å²) in [6, 6.07) is 17.6. The summed E-state index contributed by atoms with van der Waals surface area (Å²) >= 11 is 12.3. The zero-order chi connectivity index (χ0) is 29.9. The van der Waals surface area contributed by atoms with Gasteiger partial charge in [0.05, 0.1) is 21.1 Å². The summed E-state index contributed by atoms with van der Waals surface area (Å²) in [5, 5.41) is 12.3. The van der Waals surface area contributed by atoms with E-state index >= 15 is 0 Å². The van der Waals surface area contributed by atoms with E-state index < -0.39 is 59.5 Å². The smallest absolute Gasteiger partial charge is 0.410 e. The van der Waals surface area contributed by atoms with Crippen molar-refractivity contribution in [1.29, 1.82) is 5.26 Å². The molecule has 0 saturated heterocycles. The molecule has 0 aliphatic heterocycles. The van der Waals surface area contributed by atoms with Crippen molar-refractivity contribution in [2.45, 2.75) is 10.4 Å². The maximum absolute atomic E-state index is 13.3. The summed E-state index contributed by atoms with van der Waals surface area (Å²) in [6.45, 7) is 0. The molecular formula is C25H13Cl2F3N4O6S. The molecule has 0 radical (unpaired) electrons. The van der Waals surface area contributed by atoms with Crippen LogP contribution < -0.4 is 14.4 Å². The number of anilines is 1. The highest BCUT2D eigenvalue weighted by Gasteiger charge is 2.47. The third kappa shape index (κ3) is 5.97. The van der Waals surface area contributed by atoms with E-state index in [1.807, 2.05) is 0 Å². The molecule has 0 fully saturated rings. The number of nitriles is 1. The Bertz CT molecular complexity index is 1700. The summed E-state index contributed by atoms with van der Waals surface area (Å²) in [4.78, 5) is 25.7. The van der Waals surface area contributed by atoms with Gasteiger partial charge in [-0.1, -0.05) is 59.6 Å². The standard InChI is InChI=1S/C25H13Cl2F3N4O6S/c26-19-11-18(41(37,38)25(28,29)30)12-20(27)21(19)34-22(15(13-31)14-32-34)33(23(35)39-16-7-3-1-4-8-16)24(36)40-17-9-5-2-6-10-17/h1-12,14H. The fourth-order valence-electron chi connectivity index (χ4n) is 3.35. The summed E-state index contributed by atoms with van der Waals surface area (Å²) in [5.41, 5.74) is -6.54. The number of aromatic nitrogens is 2. The molecule has 0 N–H and O–H groups in total. The lowest BCUT2D eigenvalue weighted by Gasteiger charge is -2.22. The van der Waals surface area contributed by atoms with Crippen LogP contribution in [0.2, 0.25) is 10.0 Å².